The molecule has 124 valence electrons. The Morgan fingerprint density at radius 2 is 2.08 bits per heavy atom. The van der Waals surface area contributed by atoms with E-state index in [4.69, 9.17) is 16.9 Å². The molecule has 0 radical (unpaired) electrons. The van der Waals surface area contributed by atoms with Gasteiger partial charge in [-0.2, -0.15) is 0 Å². The van der Waals surface area contributed by atoms with Crippen LogP contribution in [-0.2, 0) is 0 Å². The minimum absolute atomic E-state index is 0.169. The first-order valence-corrected chi connectivity index (χ1v) is 7.46. The quantitative estimate of drug-likeness (QED) is 0.313. The molecular weight excluding hydrogens is 302 g/mol. The van der Waals surface area contributed by atoms with Crippen LogP contribution in [0.3, 0.4) is 0 Å². The minimum atomic E-state index is -0.169. The van der Waals surface area contributed by atoms with Crippen LogP contribution in [0, 0.1) is 5.41 Å². The summed E-state index contributed by atoms with van der Waals surface area (Å²) in [5.41, 5.74) is 14.5. The standard InChI is InChI=1S/C18H21N5O/c1-2-12(13-6-8-14(24)9-7-13)11-23-18(21)16(17(19)20)15-5-3-4-10-22-15/h2-6,8,10-11,23-24H,1,7,9,21H2,(H3,19,20)/b12-11+,18-16-. The third-order valence-electron chi connectivity index (χ3n) is 3.56. The molecule has 1 aliphatic carbocycles. The summed E-state index contributed by atoms with van der Waals surface area (Å²) in [6.07, 6.45) is 9.85. The van der Waals surface area contributed by atoms with Crippen molar-refractivity contribution in [2.75, 3.05) is 0 Å². The van der Waals surface area contributed by atoms with Crippen LogP contribution in [-0.4, -0.2) is 15.9 Å². The maximum Gasteiger partial charge on any atom is 0.128 e. The molecule has 1 aromatic rings. The van der Waals surface area contributed by atoms with Gasteiger partial charge in [-0.25, -0.2) is 0 Å². The Bertz CT molecular complexity index is 757. The molecular formula is C18H21N5O. The van der Waals surface area contributed by atoms with Crippen molar-refractivity contribution in [1.29, 1.82) is 5.41 Å². The second-order valence-corrected chi connectivity index (χ2v) is 5.22. The smallest absolute Gasteiger partial charge is 0.128 e. The molecule has 0 spiro atoms. The highest BCUT2D eigenvalue weighted by Crippen LogP contribution is 2.23. The molecule has 0 atom stereocenters. The molecule has 0 saturated heterocycles. The van der Waals surface area contributed by atoms with Gasteiger partial charge >= 0.3 is 0 Å². The van der Waals surface area contributed by atoms with Crippen LogP contribution < -0.4 is 16.8 Å². The Balaban J connectivity index is 2.29. The second kappa shape index (κ2) is 7.82. The zero-order valence-electron chi connectivity index (χ0n) is 13.3. The van der Waals surface area contributed by atoms with Crippen LogP contribution in [0.5, 0.6) is 0 Å². The van der Waals surface area contributed by atoms with Crippen molar-refractivity contribution in [2.45, 2.75) is 12.8 Å². The molecule has 0 bridgehead atoms. The Morgan fingerprint density at radius 1 is 1.29 bits per heavy atom. The fourth-order valence-electron chi connectivity index (χ4n) is 2.31. The number of aliphatic hydroxyl groups excluding tert-OH is 1. The fourth-order valence-corrected chi connectivity index (χ4v) is 2.31. The highest BCUT2D eigenvalue weighted by atomic mass is 16.3. The van der Waals surface area contributed by atoms with E-state index in [1.807, 2.05) is 6.08 Å². The average Bonchev–Trinajstić information content (AvgIpc) is 2.57. The molecule has 2 rings (SSSR count). The lowest BCUT2D eigenvalue weighted by Gasteiger charge is -2.14. The van der Waals surface area contributed by atoms with E-state index in [2.05, 4.69) is 16.9 Å². The summed E-state index contributed by atoms with van der Waals surface area (Å²) >= 11 is 0. The number of nitrogens with zero attached hydrogens (tertiary/aromatic N) is 1. The van der Waals surface area contributed by atoms with Crippen molar-refractivity contribution in [2.24, 2.45) is 11.5 Å². The van der Waals surface area contributed by atoms with E-state index in [1.54, 1.807) is 42.7 Å². The number of aliphatic hydroxyl groups is 1. The number of hydrogen-bond acceptors (Lipinski definition) is 5. The second-order valence-electron chi connectivity index (χ2n) is 5.22. The van der Waals surface area contributed by atoms with Crippen LogP contribution in [0.1, 0.15) is 18.5 Å². The molecule has 1 aromatic heterocycles. The van der Waals surface area contributed by atoms with Crippen molar-refractivity contribution in [3.05, 3.63) is 83.8 Å². The first kappa shape index (κ1) is 17.1. The topological polar surface area (TPSA) is 121 Å². The van der Waals surface area contributed by atoms with Gasteiger partial charge < -0.3 is 21.9 Å². The normalized spacial score (nSPS) is 15.8. The van der Waals surface area contributed by atoms with Gasteiger partial charge in [-0.05, 0) is 35.8 Å². The maximum atomic E-state index is 9.44. The minimum Gasteiger partial charge on any atom is -0.512 e. The number of nitrogens with one attached hydrogen (secondary N) is 2. The molecule has 0 fully saturated rings. The third-order valence-corrected chi connectivity index (χ3v) is 3.56. The van der Waals surface area contributed by atoms with E-state index in [1.165, 1.54) is 0 Å². The molecule has 6 heteroatoms. The number of allylic oxidation sites excluding steroid dienone is 6. The van der Waals surface area contributed by atoms with Gasteiger partial charge in [-0.15, -0.1) is 0 Å². The summed E-state index contributed by atoms with van der Waals surface area (Å²) in [7, 11) is 0. The molecule has 24 heavy (non-hydrogen) atoms. The third kappa shape index (κ3) is 4.13. The molecule has 0 amide bonds. The number of nitrogens with two attached hydrogens (primary N) is 2. The predicted octanol–water partition coefficient (Wildman–Crippen LogP) is 2.47. The van der Waals surface area contributed by atoms with E-state index in [0.717, 1.165) is 11.1 Å². The maximum absolute atomic E-state index is 9.44. The Hall–Kier alpha value is -3.28. The van der Waals surface area contributed by atoms with Crippen LogP contribution >= 0.6 is 0 Å². The van der Waals surface area contributed by atoms with Gasteiger partial charge in [-0.3, -0.25) is 10.4 Å². The monoisotopic (exact) mass is 323 g/mol. The first-order valence-electron chi connectivity index (χ1n) is 7.46. The van der Waals surface area contributed by atoms with Crippen molar-refractivity contribution >= 4 is 11.4 Å². The van der Waals surface area contributed by atoms with Crippen LogP contribution in [0.2, 0.25) is 0 Å². The SMILES string of the molecule is C=C/C(=C\N/C(N)=C(\C(=N)N)c1ccccn1)C1=CC=C(O)CC1. The van der Waals surface area contributed by atoms with Gasteiger partial charge in [0.25, 0.3) is 0 Å². The van der Waals surface area contributed by atoms with Crippen LogP contribution in [0.4, 0.5) is 0 Å². The largest absolute Gasteiger partial charge is 0.512 e. The van der Waals surface area contributed by atoms with Gasteiger partial charge in [0.1, 0.15) is 11.7 Å². The number of hydrogen-bond donors (Lipinski definition) is 5. The van der Waals surface area contributed by atoms with Gasteiger partial charge in [-0.1, -0.05) is 24.8 Å². The summed E-state index contributed by atoms with van der Waals surface area (Å²) in [6.45, 7) is 3.80. The van der Waals surface area contributed by atoms with Gasteiger partial charge in [0, 0.05) is 18.8 Å². The lowest BCUT2D eigenvalue weighted by Crippen LogP contribution is -2.24. The first-order chi connectivity index (χ1) is 11.5. The van der Waals surface area contributed by atoms with Gasteiger partial charge in [0.15, 0.2) is 0 Å². The van der Waals surface area contributed by atoms with E-state index in [0.29, 0.717) is 29.9 Å². The van der Waals surface area contributed by atoms with Crippen LogP contribution in [0.15, 0.2) is 78.1 Å². The fraction of sp³-hybridized carbons (Fsp3) is 0.111. The van der Waals surface area contributed by atoms with Crippen LogP contribution in [0.25, 0.3) is 5.57 Å². The summed E-state index contributed by atoms with van der Waals surface area (Å²) in [6, 6.07) is 5.31. The number of amidine groups is 1. The average molecular weight is 323 g/mol. The molecule has 6 nitrogen and oxygen atoms in total. The van der Waals surface area contributed by atoms with Crippen molar-refractivity contribution < 1.29 is 5.11 Å². The molecule has 0 unspecified atom stereocenters. The zero-order chi connectivity index (χ0) is 17.5. The molecule has 1 heterocycles. The zero-order valence-corrected chi connectivity index (χ0v) is 13.3. The van der Waals surface area contributed by atoms with E-state index in [-0.39, 0.29) is 11.7 Å². The summed E-state index contributed by atoms with van der Waals surface area (Å²) in [4.78, 5) is 4.18. The highest BCUT2D eigenvalue weighted by molar-refractivity contribution is 6.20. The van der Waals surface area contributed by atoms with E-state index < -0.39 is 0 Å². The number of pyridine rings is 1. The number of rotatable bonds is 6. The lowest BCUT2D eigenvalue weighted by molar-refractivity contribution is 0.386. The van der Waals surface area contributed by atoms with Crippen molar-refractivity contribution in [3.63, 3.8) is 0 Å². The number of aromatic nitrogens is 1. The van der Waals surface area contributed by atoms with Gasteiger partial charge in [0.05, 0.1) is 17.0 Å². The summed E-state index contributed by atoms with van der Waals surface area (Å²) in [5.74, 6) is 0.427. The molecule has 1 aliphatic rings. The molecule has 0 aliphatic heterocycles. The molecule has 7 N–H and O–H groups in total. The van der Waals surface area contributed by atoms with Crippen molar-refractivity contribution in [3.8, 4) is 0 Å². The Kier molecular flexibility index (Phi) is 5.57. The molecule has 0 aromatic carbocycles. The summed E-state index contributed by atoms with van der Waals surface area (Å²) < 4.78 is 0. The Morgan fingerprint density at radius 3 is 2.62 bits per heavy atom. The van der Waals surface area contributed by atoms with Gasteiger partial charge in [0.2, 0.25) is 0 Å². The molecule has 0 saturated carbocycles. The lowest BCUT2D eigenvalue weighted by atomic mass is 9.97. The highest BCUT2D eigenvalue weighted by Gasteiger charge is 2.12. The van der Waals surface area contributed by atoms with Crippen molar-refractivity contribution in [1.82, 2.24) is 10.3 Å². The van der Waals surface area contributed by atoms with E-state index in [9.17, 15) is 5.11 Å². The summed E-state index contributed by atoms with van der Waals surface area (Å²) in [5, 5.41) is 20.1. The Labute approximate surface area is 141 Å². The predicted molar refractivity (Wildman–Crippen MR) is 96.7 cm³/mol. The van der Waals surface area contributed by atoms with E-state index >= 15 is 0 Å².